The van der Waals surface area contributed by atoms with Gasteiger partial charge < -0.3 is 10.1 Å². The summed E-state index contributed by atoms with van der Waals surface area (Å²) in [5.41, 5.74) is -0.857. The number of benzene rings is 2. The van der Waals surface area contributed by atoms with E-state index in [1.54, 1.807) is 0 Å². The number of non-ortho nitro benzene ring substituents is 1. The second-order valence-corrected chi connectivity index (χ2v) is 4.33. The van der Waals surface area contributed by atoms with Gasteiger partial charge in [0.2, 0.25) is 0 Å². The molecule has 1 amide bonds. The van der Waals surface area contributed by atoms with Crippen LogP contribution in [-0.2, 0) is 4.79 Å². The maximum atomic E-state index is 13.5. The molecule has 2 aromatic rings. The van der Waals surface area contributed by atoms with E-state index in [-0.39, 0.29) is 11.4 Å². The van der Waals surface area contributed by atoms with Gasteiger partial charge in [-0.05, 0) is 18.2 Å². The lowest BCUT2D eigenvalue weighted by Crippen LogP contribution is -2.21. The summed E-state index contributed by atoms with van der Waals surface area (Å²) in [5.74, 6) is -3.85. The van der Waals surface area contributed by atoms with Crippen molar-refractivity contribution in [1.29, 1.82) is 0 Å². The first-order valence-corrected chi connectivity index (χ1v) is 6.18. The van der Waals surface area contributed by atoms with Gasteiger partial charge in [-0.25, -0.2) is 13.2 Å². The molecule has 0 aromatic heterocycles. The summed E-state index contributed by atoms with van der Waals surface area (Å²) in [4.78, 5) is 21.3. The summed E-state index contributed by atoms with van der Waals surface area (Å²) < 4.78 is 44.7. The third-order valence-electron chi connectivity index (χ3n) is 2.69. The quantitative estimate of drug-likeness (QED) is 0.676. The van der Waals surface area contributed by atoms with Gasteiger partial charge in [-0.15, -0.1) is 0 Å². The molecule has 0 saturated carbocycles. The van der Waals surface area contributed by atoms with E-state index in [1.807, 2.05) is 0 Å². The number of carbonyl (C=O) groups excluding carboxylic acids is 1. The molecule has 2 rings (SSSR count). The van der Waals surface area contributed by atoms with E-state index in [4.69, 9.17) is 4.74 Å². The van der Waals surface area contributed by atoms with Crippen LogP contribution < -0.4 is 10.1 Å². The maximum Gasteiger partial charge on any atom is 0.272 e. The Labute approximate surface area is 127 Å². The molecule has 0 bridgehead atoms. The van der Waals surface area contributed by atoms with Crippen LogP contribution in [0, 0.1) is 27.6 Å². The van der Waals surface area contributed by atoms with Crippen molar-refractivity contribution in [2.24, 2.45) is 0 Å². The van der Waals surface area contributed by atoms with Crippen molar-refractivity contribution in [3.05, 3.63) is 64.0 Å². The van der Waals surface area contributed by atoms with E-state index in [2.05, 4.69) is 5.32 Å². The molecule has 0 atom stereocenters. The highest BCUT2D eigenvalue weighted by atomic mass is 19.1. The van der Waals surface area contributed by atoms with Crippen LogP contribution in [0.4, 0.5) is 24.5 Å². The van der Waals surface area contributed by atoms with Crippen molar-refractivity contribution in [2.75, 3.05) is 11.9 Å². The highest BCUT2D eigenvalue weighted by Gasteiger charge is 2.14. The van der Waals surface area contributed by atoms with Gasteiger partial charge >= 0.3 is 0 Å². The van der Waals surface area contributed by atoms with E-state index in [0.29, 0.717) is 6.07 Å². The predicted molar refractivity (Wildman–Crippen MR) is 73.5 cm³/mol. The summed E-state index contributed by atoms with van der Waals surface area (Å²) in [6, 6.07) is 5.13. The zero-order chi connectivity index (χ0) is 17.0. The van der Waals surface area contributed by atoms with Gasteiger partial charge in [-0.1, -0.05) is 0 Å². The number of hydrogen-bond donors (Lipinski definition) is 1. The van der Waals surface area contributed by atoms with E-state index in [1.165, 1.54) is 0 Å². The third-order valence-corrected chi connectivity index (χ3v) is 2.69. The molecule has 0 aliphatic carbocycles. The normalized spacial score (nSPS) is 10.2. The maximum absolute atomic E-state index is 13.5. The molecule has 0 heterocycles. The molecule has 0 aliphatic heterocycles. The average molecular weight is 326 g/mol. The van der Waals surface area contributed by atoms with E-state index in [0.717, 1.165) is 30.3 Å². The molecule has 0 unspecified atom stereocenters. The zero-order valence-electron chi connectivity index (χ0n) is 11.4. The number of hydrogen-bond acceptors (Lipinski definition) is 4. The Balaban J connectivity index is 1.99. The topological polar surface area (TPSA) is 81.5 Å². The molecule has 120 valence electrons. The fourth-order valence-electron chi connectivity index (χ4n) is 1.64. The SMILES string of the molecule is O=C(COc1ccc([N+](=O)[O-])cc1F)Nc1cc(F)ccc1F. The molecule has 0 spiro atoms. The van der Waals surface area contributed by atoms with E-state index >= 15 is 0 Å². The molecular formula is C14H9F3N2O4. The first kappa shape index (κ1) is 16.3. The van der Waals surface area contributed by atoms with Crippen LogP contribution in [-0.4, -0.2) is 17.4 Å². The minimum atomic E-state index is -1.02. The Bertz CT molecular complexity index is 768. The molecular weight excluding hydrogens is 317 g/mol. The molecule has 6 nitrogen and oxygen atoms in total. The number of nitro benzene ring substituents is 1. The van der Waals surface area contributed by atoms with Gasteiger partial charge in [0, 0.05) is 12.1 Å². The standard InChI is InChI=1S/C14H9F3N2O4/c15-8-1-3-10(16)12(5-8)18-14(20)7-23-13-4-2-9(19(21)22)6-11(13)17/h1-6H,7H2,(H,18,20). The van der Waals surface area contributed by atoms with Crippen LogP contribution >= 0.6 is 0 Å². The monoisotopic (exact) mass is 326 g/mol. The summed E-state index contributed by atoms with van der Waals surface area (Å²) in [5, 5.41) is 12.5. The molecule has 0 radical (unpaired) electrons. The Morgan fingerprint density at radius 3 is 2.52 bits per heavy atom. The van der Waals surface area contributed by atoms with Crippen molar-refractivity contribution in [2.45, 2.75) is 0 Å². The Kier molecular flexibility index (Phi) is 4.79. The molecule has 23 heavy (non-hydrogen) atoms. The van der Waals surface area contributed by atoms with Crippen molar-refractivity contribution < 1.29 is 27.6 Å². The minimum Gasteiger partial charge on any atom is -0.481 e. The molecule has 0 fully saturated rings. The number of nitro groups is 1. The van der Waals surface area contributed by atoms with Crippen LogP contribution in [0.5, 0.6) is 5.75 Å². The average Bonchev–Trinajstić information content (AvgIpc) is 2.49. The van der Waals surface area contributed by atoms with Gasteiger partial charge in [0.25, 0.3) is 11.6 Å². The van der Waals surface area contributed by atoms with E-state index in [9.17, 15) is 28.1 Å². The smallest absolute Gasteiger partial charge is 0.272 e. The van der Waals surface area contributed by atoms with Crippen LogP contribution in [0.2, 0.25) is 0 Å². The van der Waals surface area contributed by atoms with Gasteiger partial charge in [-0.3, -0.25) is 14.9 Å². The number of halogens is 3. The fraction of sp³-hybridized carbons (Fsp3) is 0.0714. The zero-order valence-corrected chi connectivity index (χ0v) is 11.4. The van der Waals surface area contributed by atoms with Gasteiger partial charge in [0.15, 0.2) is 18.2 Å². The molecule has 1 N–H and O–H groups in total. The van der Waals surface area contributed by atoms with Crippen molar-refractivity contribution in [3.8, 4) is 5.75 Å². The second kappa shape index (κ2) is 6.77. The van der Waals surface area contributed by atoms with Crippen molar-refractivity contribution in [3.63, 3.8) is 0 Å². The highest BCUT2D eigenvalue weighted by molar-refractivity contribution is 5.92. The lowest BCUT2D eigenvalue weighted by atomic mass is 10.3. The number of carbonyl (C=O) groups is 1. The Morgan fingerprint density at radius 2 is 1.87 bits per heavy atom. The summed E-state index contributed by atoms with van der Waals surface area (Å²) in [6.07, 6.45) is 0. The highest BCUT2D eigenvalue weighted by Crippen LogP contribution is 2.22. The number of amides is 1. The molecule has 9 heteroatoms. The number of nitrogens with one attached hydrogen (secondary N) is 1. The molecule has 0 saturated heterocycles. The van der Waals surface area contributed by atoms with E-state index < -0.39 is 40.6 Å². The van der Waals surface area contributed by atoms with Crippen molar-refractivity contribution >= 4 is 17.3 Å². The first-order valence-electron chi connectivity index (χ1n) is 6.18. The lowest BCUT2D eigenvalue weighted by molar-refractivity contribution is -0.385. The van der Waals surface area contributed by atoms with Crippen molar-refractivity contribution in [1.82, 2.24) is 0 Å². The third kappa shape index (κ3) is 4.19. The fourth-order valence-corrected chi connectivity index (χ4v) is 1.64. The number of nitrogens with zero attached hydrogens (tertiary/aromatic N) is 1. The van der Waals surface area contributed by atoms with Crippen LogP contribution in [0.15, 0.2) is 36.4 Å². The largest absolute Gasteiger partial charge is 0.481 e. The van der Waals surface area contributed by atoms with Crippen LogP contribution in [0.1, 0.15) is 0 Å². The predicted octanol–water partition coefficient (Wildman–Crippen LogP) is 3.03. The summed E-state index contributed by atoms with van der Waals surface area (Å²) >= 11 is 0. The number of anilines is 1. The van der Waals surface area contributed by atoms with Crippen LogP contribution in [0.25, 0.3) is 0 Å². The Morgan fingerprint density at radius 1 is 1.13 bits per heavy atom. The molecule has 0 aliphatic rings. The Hall–Kier alpha value is -3.10. The van der Waals surface area contributed by atoms with Gasteiger partial charge in [-0.2, -0.15) is 0 Å². The first-order chi connectivity index (χ1) is 10.9. The van der Waals surface area contributed by atoms with Gasteiger partial charge in [0.1, 0.15) is 11.6 Å². The minimum absolute atomic E-state index is 0.384. The molecule has 2 aromatic carbocycles. The number of ether oxygens (including phenoxy) is 1. The lowest BCUT2D eigenvalue weighted by Gasteiger charge is -2.09. The van der Waals surface area contributed by atoms with Crippen LogP contribution in [0.3, 0.4) is 0 Å². The van der Waals surface area contributed by atoms with Gasteiger partial charge in [0.05, 0.1) is 16.7 Å². The summed E-state index contributed by atoms with van der Waals surface area (Å²) in [7, 11) is 0. The second-order valence-electron chi connectivity index (χ2n) is 4.33. The number of rotatable bonds is 5. The summed E-state index contributed by atoms with van der Waals surface area (Å²) in [6.45, 7) is -0.690.